The Labute approximate surface area is 175 Å². The van der Waals surface area contributed by atoms with Gasteiger partial charge in [0.1, 0.15) is 28.7 Å². The Kier molecular flexibility index (Phi) is 4.15. The molecule has 0 radical (unpaired) electrons. The molecule has 0 saturated carbocycles. The molecule has 0 aliphatic carbocycles. The van der Waals surface area contributed by atoms with E-state index in [0.29, 0.717) is 21.7 Å². The summed E-state index contributed by atoms with van der Waals surface area (Å²) < 4.78 is 12.8. The molecule has 7 nitrogen and oxygen atoms in total. The van der Waals surface area contributed by atoms with E-state index in [2.05, 4.69) is 5.10 Å². The molecule has 1 aliphatic rings. The van der Waals surface area contributed by atoms with Gasteiger partial charge in [0.05, 0.1) is 18.2 Å². The number of carbonyl (C=O) groups is 1. The number of nitrogens with zero attached hydrogens (tertiary/aromatic N) is 2. The van der Waals surface area contributed by atoms with Gasteiger partial charge in [0.2, 0.25) is 5.43 Å². The molecule has 150 valence electrons. The Bertz CT molecular complexity index is 1370. The lowest BCUT2D eigenvalue weighted by molar-refractivity contribution is -0.135. The van der Waals surface area contributed by atoms with Gasteiger partial charge in [-0.15, -0.1) is 0 Å². The predicted octanol–water partition coefficient (Wildman–Crippen LogP) is 3.99. The molecule has 2 aromatic heterocycles. The highest BCUT2D eigenvalue weighted by Gasteiger charge is 2.34. The third-order valence-corrected chi connectivity index (χ3v) is 5.50. The van der Waals surface area contributed by atoms with E-state index in [1.54, 1.807) is 48.4 Å². The summed E-state index contributed by atoms with van der Waals surface area (Å²) >= 11 is 5.94. The number of phenolic OH excluding ortho intramolecular Hbond substituents is 1. The largest absolute Gasteiger partial charge is 0.507 e. The molecule has 1 N–H and O–H groups in total. The molecule has 3 heterocycles. The van der Waals surface area contributed by atoms with Crippen molar-refractivity contribution in [1.82, 2.24) is 9.78 Å². The number of ether oxygens (including phenoxy) is 1. The highest BCUT2D eigenvalue weighted by atomic mass is 35.5. The monoisotopic (exact) mass is 422 g/mol. The highest BCUT2D eigenvalue weighted by molar-refractivity contribution is 6.30. The molecular formula is C22H15ClN2O5. The van der Waals surface area contributed by atoms with Gasteiger partial charge < -0.3 is 14.3 Å². The first-order chi connectivity index (χ1) is 14.4. The van der Waals surface area contributed by atoms with E-state index in [9.17, 15) is 14.7 Å². The lowest BCUT2D eigenvalue weighted by atomic mass is 9.86. The summed E-state index contributed by atoms with van der Waals surface area (Å²) in [6.45, 7) is 0. The molecule has 8 heteroatoms. The van der Waals surface area contributed by atoms with Crippen LogP contribution in [0.25, 0.3) is 22.1 Å². The van der Waals surface area contributed by atoms with Crippen molar-refractivity contribution >= 4 is 28.5 Å². The number of esters is 1. The third kappa shape index (κ3) is 2.86. The van der Waals surface area contributed by atoms with Gasteiger partial charge in [-0.1, -0.05) is 23.7 Å². The molecule has 2 aromatic carbocycles. The van der Waals surface area contributed by atoms with Crippen LogP contribution >= 0.6 is 11.6 Å². The quantitative estimate of drug-likeness (QED) is 0.387. The van der Waals surface area contributed by atoms with Crippen molar-refractivity contribution in [3.63, 3.8) is 0 Å². The minimum absolute atomic E-state index is 0.0352. The normalized spacial score (nSPS) is 15.8. The van der Waals surface area contributed by atoms with Crippen LogP contribution in [0.2, 0.25) is 5.02 Å². The zero-order chi connectivity index (χ0) is 21.0. The number of phenols is 1. The second kappa shape index (κ2) is 6.74. The van der Waals surface area contributed by atoms with Crippen LogP contribution in [0.1, 0.15) is 23.5 Å². The SMILES string of the molecule is Cn1cc([C@H]2CC(=O)Oc3cc(O)c4c(=O)c(-c5ccc(Cl)cc5)coc4c32)cn1. The van der Waals surface area contributed by atoms with Gasteiger partial charge in [0.15, 0.2) is 0 Å². The van der Waals surface area contributed by atoms with Gasteiger partial charge in [0.25, 0.3) is 0 Å². The van der Waals surface area contributed by atoms with E-state index in [-0.39, 0.29) is 34.3 Å². The summed E-state index contributed by atoms with van der Waals surface area (Å²) in [7, 11) is 1.78. The van der Waals surface area contributed by atoms with E-state index < -0.39 is 11.9 Å². The van der Waals surface area contributed by atoms with Crippen LogP contribution in [-0.2, 0) is 11.8 Å². The first-order valence-electron chi connectivity index (χ1n) is 9.19. The van der Waals surface area contributed by atoms with Crippen LogP contribution < -0.4 is 10.2 Å². The Hall–Kier alpha value is -3.58. The Morgan fingerprint density at radius 3 is 2.70 bits per heavy atom. The van der Waals surface area contributed by atoms with Crippen molar-refractivity contribution in [2.75, 3.05) is 0 Å². The molecule has 0 bridgehead atoms. The van der Waals surface area contributed by atoms with Gasteiger partial charge in [-0.2, -0.15) is 5.10 Å². The predicted molar refractivity (Wildman–Crippen MR) is 110 cm³/mol. The van der Waals surface area contributed by atoms with E-state index in [0.717, 1.165) is 5.56 Å². The van der Waals surface area contributed by atoms with Crippen molar-refractivity contribution in [1.29, 1.82) is 0 Å². The molecular weight excluding hydrogens is 408 g/mol. The van der Waals surface area contributed by atoms with Crippen LogP contribution in [0, 0.1) is 0 Å². The first kappa shape index (κ1) is 18.4. The maximum absolute atomic E-state index is 13.3. The molecule has 1 aliphatic heterocycles. The van der Waals surface area contributed by atoms with Crippen molar-refractivity contribution in [3.05, 3.63) is 75.4 Å². The summed E-state index contributed by atoms with van der Waals surface area (Å²) in [6.07, 6.45) is 4.88. The van der Waals surface area contributed by atoms with Crippen LogP contribution in [0.3, 0.4) is 0 Å². The molecule has 1 atom stereocenters. The number of halogens is 1. The van der Waals surface area contributed by atoms with E-state index >= 15 is 0 Å². The maximum atomic E-state index is 13.3. The zero-order valence-corrected chi connectivity index (χ0v) is 16.5. The fourth-order valence-electron chi connectivity index (χ4n) is 3.87. The van der Waals surface area contributed by atoms with Crippen LogP contribution in [-0.4, -0.2) is 20.9 Å². The standard InChI is InChI=1S/C22H15ClN2O5/c1-25-9-12(8-24-25)14-6-18(27)30-17-7-16(26)20-21(28)15(10-29-22(20)19(14)17)11-2-4-13(23)5-3-11/h2-5,7-10,14,26H,6H2,1H3/t14-/m1/s1. The van der Waals surface area contributed by atoms with Crippen LogP contribution in [0.15, 0.2) is 58.2 Å². The summed E-state index contributed by atoms with van der Waals surface area (Å²) in [6, 6.07) is 8.04. The minimum atomic E-state index is -0.435. The maximum Gasteiger partial charge on any atom is 0.312 e. The topological polar surface area (TPSA) is 94.6 Å². The average molecular weight is 423 g/mol. The van der Waals surface area contributed by atoms with E-state index in [1.165, 1.54) is 12.3 Å². The number of carbonyl (C=O) groups excluding carboxylic acids is 1. The number of aromatic nitrogens is 2. The first-order valence-corrected chi connectivity index (χ1v) is 9.56. The lowest BCUT2D eigenvalue weighted by Crippen LogP contribution is -2.22. The number of fused-ring (bicyclic) bond motifs is 3. The smallest absolute Gasteiger partial charge is 0.312 e. The number of aryl methyl sites for hydroxylation is 1. The molecule has 0 fully saturated rings. The molecule has 0 spiro atoms. The molecule has 0 unspecified atom stereocenters. The highest BCUT2D eigenvalue weighted by Crippen LogP contribution is 2.45. The molecule has 0 saturated heterocycles. The summed E-state index contributed by atoms with van der Waals surface area (Å²) in [5.41, 5.74) is 2.03. The summed E-state index contributed by atoms with van der Waals surface area (Å²) in [4.78, 5) is 25.4. The van der Waals surface area contributed by atoms with Gasteiger partial charge in [-0.05, 0) is 23.3 Å². The molecule has 4 aromatic rings. The number of hydrogen-bond acceptors (Lipinski definition) is 6. The number of benzene rings is 2. The van der Waals surface area contributed by atoms with Crippen molar-refractivity contribution in [3.8, 4) is 22.6 Å². The molecule has 30 heavy (non-hydrogen) atoms. The average Bonchev–Trinajstić information content (AvgIpc) is 3.14. The van der Waals surface area contributed by atoms with Gasteiger partial charge in [-0.25, -0.2) is 0 Å². The Morgan fingerprint density at radius 2 is 2.00 bits per heavy atom. The van der Waals surface area contributed by atoms with Crippen molar-refractivity contribution in [2.24, 2.45) is 7.05 Å². The van der Waals surface area contributed by atoms with Gasteiger partial charge in [-0.3, -0.25) is 14.3 Å². The number of rotatable bonds is 2. The van der Waals surface area contributed by atoms with Crippen molar-refractivity contribution < 1.29 is 19.1 Å². The second-order valence-electron chi connectivity index (χ2n) is 7.18. The minimum Gasteiger partial charge on any atom is -0.507 e. The number of hydrogen-bond donors (Lipinski definition) is 1. The van der Waals surface area contributed by atoms with Gasteiger partial charge >= 0.3 is 5.97 Å². The molecule has 5 rings (SSSR count). The van der Waals surface area contributed by atoms with E-state index in [1.807, 2.05) is 0 Å². The second-order valence-corrected chi connectivity index (χ2v) is 7.61. The Balaban J connectivity index is 1.78. The fraction of sp³-hybridized carbons (Fsp3) is 0.136. The van der Waals surface area contributed by atoms with Crippen LogP contribution in [0.5, 0.6) is 11.5 Å². The summed E-state index contributed by atoms with van der Waals surface area (Å²) in [5, 5.41) is 15.3. The zero-order valence-electron chi connectivity index (χ0n) is 15.8. The Morgan fingerprint density at radius 1 is 1.23 bits per heavy atom. The van der Waals surface area contributed by atoms with E-state index in [4.69, 9.17) is 20.8 Å². The third-order valence-electron chi connectivity index (χ3n) is 5.25. The van der Waals surface area contributed by atoms with Gasteiger partial charge in [0, 0.05) is 35.8 Å². The van der Waals surface area contributed by atoms with Crippen molar-refractivity contribution in [2.45, 2.75) is 12.3 Å². The summed E-state index contributed by atoms with van der Waals surface area (Å²) in [5.74, 6) is -0.988. The fourth-order valence-corrected chi connectivity index (χ4v) is 3.99. The van der Waals surface area contributed by atoms with Crippen LogP contribution in [0.4, 0.5) is 0 Å². The number of aromatic hydroxyl groups is 1. The molecule has 0 amide bonds. The lowest BCUT2D eigenvalue weighted by Gasteiger charge is -2.24.